The van der Waals surface area contributed by atoms with Crippen molar-refractivity contribution in [3.63, 3.8) is 0 Å². The van der Waals surface area contributed by atoms with Gasteiger partial charge in [-0.2, -0.15) is 0 Å². The van der Waals surface area contributed by atoms with Crippen molar-refractivity contribution >= 4 is 18.5 Å². The van der Waals surface area contributed by atoms with Crippen LogP contribution >= 0.6 is 0 Å². The summed E-state index contributed by atoms with van der Waals surface area (Å²) in [6.07, 6.45) is 7.31. The second-order valence-corrected chi connectivity index (χ2v) is 3.81. The van der Waals surface area contributed by atoms with E-state index in [0.29, 0.717) is 6.54 Å². The van der Waals surface area contributed by atoms with E-state index in [0.717, 1.165) is 0 Å². The highest BCUT2D eigenvalue weighted by Crippen LogP contribution is 2.18. The lowest BCUT2D eigenvalue weighted by Crippen LogP contribution is -2.41. The summed E-state index contributed by atoms with van der Waals surface area (Å²) in [6, 6.07) is 0.110. The van der Waals surface area contributed by atoms with E-state index >= 15 is 0 Å². The van der Waals surface area contributed by atoms with Crippen LogP contribution in [0.5, 0.6) is 0 Å². The van der Waals surface area contributed by atoms with Crippen molar-refractivity contribution in [2.45, 2.75) is 12.2 Å². The zero-order valence-corrected chi connectivity index (χ0v) is 8.87. The number of carbonyl (C=O) groups is 1. The number of nitrogens with zero attached hydrogens (tertiary/aromatic N) is 4. The maximum atomic E-state index is 11.5. The highest BCUT2D eigenvalue weighted by Gasteiger charge is 2.30. The van der Waals surface area contributed by atoms with Crippen LogP contribution in [-0.4, -0.2) is 61.1 Å². The van der Waals surface area contributed by atoms with Crippen LogP contribution in [0.15, 0.2) is 22.1 Å². The van der Waals surface area contributed by atoms with E-state index in [2.05, 4.69) is 9.98 Å². The molecule has 15 heavy (non-hydrogen) atoms. The minimum Gasteiger partial charge on any atom is -0.347 e. The quantitative estimate of drug-likeness (QED) is 0.625. The molecule has 2 heterocycles. The molecular weight excluding hydrogens is 192 g/mol. The van der Waals surface area contributed by atoms with Crippen LogP contribution in [0.4, 0.5) is 0 Å². The van der Waals surface area contributed by atoms with Crippen molar-refractivity contribution in [3.05, 3.63) is 12.2 Å². The molecule has 2 atom stereocenters. The van der Waals surface area contributed by atoms with Gasteiger partial charge in [-0.3, -0.25) is 9.79 Å². The Bertz CT molecular complexity index is 345. The van der Waals surface area contributed by atoms with Gasteiger partial charge in [0.05, 0.1) is 18.9 Å². The summed E-state index contributed by atoms with van der Waals surface area (Å²) >= 11 is 0. The predicted molar refractivity (Wildman–Crippen MR) is 59.1 cm³/mol. The van der Waals surface area contributed by atoms with Crippen LogP contribution < -0.4 is 0 Å². The van der Waals surface area contributed by atoms with Gasteiger partial charge in [-0.05, 0) is 6.08 Å². The molecule has 0 N–H and O–H groups in total. The molecule has 5 heteroatoms. The number of fused-ring (bicyclic) bond motifs is 1. The molecule has 1 amide bonds. The summed E-state index contributed by atoms with van der Waals surface area (Å²) < 4.78 is 0. The van der Waals surface area contributed by atoms with Crippen molar-refractivity contribution in [1.82, 2.24) is 9.80 Å². The van der Waals surface area contributed by atoms with Crippen LogP contribution in [0.3, 0.4) is 0 Å². The van der Waals surface area contributed by atoms with E-state index in [4.69, 9.17) is 0 Å². The summed E-state index contributed by atoms with van der Waals surface area (Å²) in [7, 11) is 3.50. The molecule has 0 fully saturated rings. The predicted octanol–water partition coefficient (Wildman–Crippen LogP) is -0.246. The SMILES string of the molecule is CN(C)C(=O)CN1C=NC2N=CC=CC21. The number of amides is 1. The van der Waals surface area contributed by atoms with Crippen molar-refractivity contribution in [2.75, 3.05) is 20.6 Å². The Morgan fingerprint density at radius 1 is 1.47 bits per heavy atom. The summed E-state index contributed by atoms with van der Waals surface area (Å²) in [5, 5.41) is 0. The van der Waals surface area contributed by atoms with E-state index in [1.807, 2.05) is 17.1 Å². The number of rotatable bonds is 2. The van der Waals surface area contributed by atoms with E-state index in [9.17, 15) is 4.79 Å². The number of carbonyl (C=O) groups excluding carboxylic acids is 1. The molecule has 0 aromatic rings. The van der Waals surface area contributed by atoms with Crippen LogP contribution in [0.2, 0.25) is 0 Å². The maximum absolute atomic E-state index is 11.5. The molecule has 0 saturated carbocycles. The molecule has 2 aliphatic heterocycles. The zero-order valence-electron chi connectivity index (χ0n) is 8.87. The molecule has 0 aromatic carbocycles. The molecule has 2 unspecified atom stereocenters. The van der Waals surface area contributed by atoms with E-state index in [-0.39, 0.29) is 18.1 Å². The Hall–Kier alpha value is -1.65. The number of hydrogen-bond acceptors (Lipinski definition) is 4. The fraction of sp³-hybridized carbons (Fsp3) is 0.500. The molecule has 0 spiro atoms. The molecule has 0 saturated heterocycles. The zero-order chi connectivity index (χ0) is 10.8. The third kappa shape index (κ3) is 1.91. The minimum absolute atomic E-state index is 0.0648. The number of likely N-dealkylation sites (N-methyl/N-ethyl adjacent to an activating group) is 1. The van der Waals surface area contributed by atoms with Gasteiger partial charge in [-0.25, -0.2) is 4.99 Å². The molecular formula is C10H14N4O. The lowest BCUT2D eigenvalue weighted by molar-refractivity contribution is -0.129. The van der Waals surface area contributed by atoms with Gasteiger partial charge in [0.25, 0.3) is 0 Å². The van der Waals surface area contributed by atoms with Gasteiger partial charge in [0.15, 0.2) is 6.17 Å². The molecule has 2 aliphatic rings. The Kier molecular flexibility index (Phi) is 2.53. The second-order valence-electron chi connectivity index (χ2n) is 3.81. The van der Waals surface area contributed by atoms with Crippen LogP contribution in [0, 0.1) is 0 Å². The smallest absolute Gasteiger partial charge is 0.241 e. The van der Waals surface area contributed by atoms with Gasteiger partial charge < -0.3 is 9.80 Å². The maximum Gasteiger partial charge on any atom is 0.241 e. The molecule has 80 valence electrons. The first-order chi connectivity index (χ1) is 7.18. The standard InChI is InChI=1S/C10H14N4O/c1-13(2)9(15)6-14-7-12-10-8(14)4-3-5-11-10/h3-5,7-8,10H,6H2,1-2H3. The normalized spacial score (nSPS) is 26.9. The highest BCUT2D eigenvalue weighted by atomic mass is 16.2. The molecule has 0 radical (unpaired) electrons. The summed E-state index contributed by atoms with van der Waals surface area (Å²) in [4.78, 5) is 23.5. The second kappa shape index (κ2) is 3.84. The van der Waals surface area contributed by atoms with Gasteiger partial charge in [0.2, 0.25) is 5.91 Å². The summed E-state index contributed by atoms with van der Waals surface area (Å²) in [5.74, 6) is 0.0741. The van der Waals surface area contributed by atoms with Crippen LogP contribution in [0.1, 0.15) is 0 Å². The minimum atomic E-state index is -0.0648. The van der Waals surface area contributed by atoms with Gasteiger partial charge in [-0.1, -0.05) is 6.08 Å². The number of allylic oxidation sites excluding steroid dienone is 1. The number of aliphatic imine (C=N–C) groups is 2. The molecule has 2 rings (SSSR count). The topological polar surface area (TPSA) is 48.3 Å². The Morgan fingerprint density at radius 2 is 2.27 bits per heavy atom. The fourth-order valence-electron chi connectivity index (χ4n) is 1.57. The van der Waals surface area contributed by atoms with Gasteiger partial charge >= 0.3 is 0 Å². The Labute approximate surface area is 88.8 Å². The van der Waals surface area contributed by atoms with Crippen molar-refractivity contribution in [3.8, 4) is 0 Å². The molecule has 0 aromatic heterocycles. The average molecular weight is 206 g/mol. The number of hydrogen-bond donors (Lipinski definition) is 0. The largest absolute Gasteiger partial charge is 0.347 e. The average Bonchev–Trinajstić information content (AvgIpc) is 2.62. The third-order valence-corrected chi connectivity index (χ3v) is 2.51. The molecule has 0 aliphatic carbocycles. The lowest BCUT2D eigenvalue weighted by Gasteiger charge is -2.25. The van der Waals surface area contributed by atoms with E-state index in [1.54, 1.807) is 31.5 Å². The lowest BCUT2D eigenvalue weighted by atomic mass is 10.2. The molecule has 5 nitrogen and oxygen atoms in total. The van der Waals surface area contributed by atoms with Gasteiger partial charge in [-0.15, -0.1) is 0 Å². The highest BCUT2D eigenvalue weighted by molar-refractivity contribution is 5.81. The van der Waals surface area contributed by atoms with Gasteiger partial charge in [0, 0.05) is 20.3 Å². The monoisotopic (exact) mass is 206 g/mol. The summed E-state index contributed by atoms with van der Waals surface area (Å²) in [5.41, 5.74) is 0. The van der Waals surface area contributed by atoms with Crippen LogP contribution in [-0.2, 0) is 4.79 Å². The van der Waals surface area contributed by atoms with Gasteiger partial charge in [0.1, 0.15) is 0 Å². The third-order valence-electron chi connectivity index (χ3n) is 2.51. The Balaban J connectivity index is 2.01. The van der Waals surface area contributed by atoms with Crippen LogP contribution in [0.25, 0.3) is 0 Å². The fourth-order valence-corrected chi connectivity index (χ4v) is 1.57. The van der Waals surface area contributed by atoms with Crippen molar-refractivity contribution in [1.29, 1.82) is 0 Å². The van der Waals surface area contributed by atoms with Crippen molar-refractivity contribution < 1.29 is 4.79 Å². The summed E-state index contributed by atoms with van der Waals surface area (Å²) in [6.45, 7) is 0.359. The number of dihydropyridines is 1. The first-order valence-electron chi connectivity index (χ1n) is 4.87. The van der Waals surface area contributed by atoms with E-state index in [1.165, 1.54) is 0 Å². The first kappa shape index (κ1) is 9.89. The molecule has 0 bridgehead atoms. The first-order valence-corrected chi connectivity index (χ1v) is 4.87. The Morgan fingerprint density at radius 3 is 3.00 bits per heavy atom. The van der Waals surface area contributed by atoms with Crippen molar-refractivity contribution in [2.24, 2.45) is 9.98 Å². The van der Waals surface area contributed by atoms with E-state index < -0.39 is 0 Å².